The van der Waals surface area contributed by atoms with Crippen molar-refractivity contribution in [2.24, 2.45) is 0 Å². The van der Waals surface area contributed by atoms with Crippen LogP contribution in [0.4, 0.5) is 11.4 Å². The molecule has 1 aromatic heterocycles. The van der Waals surface area contributed by atoms with Crippen LogP contribution in [0.5, 0.6) is 0 Å². The molecule has 2 atom stereocenters. The molecule has 8 nitrogen and oxygen atoms in total. The number of rotatable bonds is 4. The van der Waals surface area contributed by atoms with Crippen LogP contribution in [0.3, 0.4) is 0 Å². The third kappa shape index (κ3) is 2.31. The van der Waals surface area contributed by atoms with E-state index in [9.17, 15) is 14.9 Å². The number of nitro benzene ring substituents is 1. The Balaban J connectivity index is 1.62. The topological polar surface area (TPSA) is 91.9 Å². The summed E-state index contributed by atoms with van der Waals surface area (Å²) >= 11 is 0. The number of non-ortho nitro benzene ring substituents is 1. The van der Waals surface area contributed by atoms with Crippen LogP contribution in [0.25, 0.3) is 0 Å². The minimum absolute atomic E-state index is 0.00717. The average Bonchev–Trinajstić information content (AvgIpc) is 3.29. The van der Waals surface area contributed by atoms with E-state index < -0.39 is 4.92 Å². The van der Waals surface area contributed by atoms with Gasteiger partial charge >= 0.3 is 0 Å². The highest BCUT2D eigenvalue weighted by Gasteiger charge is 2.50. The molecule has 2 aromatic rings. The second-order valence-corrected chi connectivity index (χ2v) is 5.91. The van der Waals surface area contributed by atoms with Gasteiger partial charge in [0.25, 0.3) is 11.6 Å². The van der Waals surface area contributed by atoms with E-state index in [1.54, 1.807) is 29.5 Å². The van der Waals surface area contributed by atoms with Gasteiger partial charge in [0.05, 0.1) is 22.9 Å². The van der Waals surface area contributed by atoms with Gasteiger partial charge in [0.2, 0.25) is 0 Å². The fraction of sp³-hybridized carbons (Fsp3) is 0.312. The van der Waals surface area contributed by atoms with Gasteiger partial charge in [0.1, 0.15) is 5.76 Å². The number of hydrogen-bond donors (Lipinski definition) is 1. The number of anilines is 1. The summed E-state index contributed by atoms with van der Waals surface area (Å²) in [7, 11) is 0. The third-order valence-electron chi connectivity index (χ3n) is 4.50. The Hall–Kier alpha value is -2.87. The molecule has 24 heavy (non-hydrogen) atoms. The largest absolute Gasteiger partial charge is 0.466 e. The van der Waals surface area contributed by atoms with Crippen LogP contribution >= 0.6 is 0 Å². The van der Waals surface area contributed by atoms with Gasteiger partial charge in [-0.1, -0.05) is 0 Å². The number of hydrazine groups is 1. The van der Waals surface area contributed by atoms with Crippen molar-refractivity contribution in [2.45, 2.75) is 25.0 Å². The zero-order valence-corrected chi connectivity index (χ0v) is 12.8. The van der Waals surface area contributed by atoms with E-state index in [0.717, 1.165) is 19.4 Å². The summed E-state index contributed by atoms with van der Waals surface area (Å²) < 4.78 is 5.53. The number of hydrogen-bond acceptors (Lipinski definition) is 6. The Morgan fingerprint density at radius 3 is 2.71 bits per heavy atom. The maximum Gasteiger partial charge on any atom is 0.269 e. The number of benzene rings is 1. The maximum atomic E-state index is 12.7. The maximum absolute atomic E-state index is 12.7. The van der Waals surface area contributed by atoms with Gasteiger partial charge in [-0.25, -0.2) is 5.01 Å². The van der Waals surface area contributed by atoms with E-state index in [1.165, 1.54) is 12.1 Å². The van der Waals surface area contributed by atoms with Gasteiger partial charge in [-0.05, 0) is 37.1 Å². The quantitative estimate of drug-likeness (QED) is 0.685. The first-order valence-electron chi connectivity index (χ1n) is 7.78. The van der Waals surface area contributed by atoms with Gasteiger partial charge in [0.15, 0.2) is 6.17 Å². The summed E-state index contributed by atoms with van der Waals surface area (Å²) in [5.41, 5.74) is 3.71. The predicted molar refractivity (Wildman–Crippen MR) is 84.7 cm³/mol. The molecule has 1 aromatic carbocycles. The molecule has 0 spiro atoms. The lowest BCUT2D eigenvalue weighted by Crippen LogP contribution is -2.36. The first-order valence-corrected chi connectivity index (χ1v) is 7.78. The normalized spacial score (nSPS) is 23.5. The minimum Gasteiger partial charge on any atom is -0.466 e. The van der Waals surface area contributed by atoms with Crippen LogP contribution in [0.1, 0.15) is 24.8 Å². The molecule has 1 amide bonds. The van der Waals surface area contributed by atoms with Crippen molar-refractivity contribution in [3.05, 3.63) is 58.5 Å². The number of nitrogens with zero attached hydrogens (tertiary/aromatic N) is 3. The van der Waals surface area contributed by atoms with Crippen LogP contribution in [0.15, 0.2) is 47.1 Å². The first kappa shape index (κ1) is 14.7. The Labute approximate surface area is 137 Å². The van der Waals surface area contributed by atoms with Gasteiger partial charge in [-0.15, -0.1) is 0 Å². The lowest BCUT2D eigenvalue weighted by atomic mass is 10.2. The molecule has 124 valence electrons. The molecule has 0 saturated carbocycles. The molecule has 0 bridgehead atoms. The van der Waals surface area contributed by atoms with Gasteiger partial charge in [0, 0.05) is 18.7 Å². The van der Waals surface area contributed by atoms with E-state index in [1.807, 2.05) is 6.07 Å². The summed E-state index contributed by atoms with van der Waals surface area (Å²) in [6.45, 7) is 0.834. The van der Waals surface area contributed by atoms with Gasteiger partial charge in [-0.2, -0.15) is 0 Å². The fourth-order valence-corrected chi connectivity index (χ4v) is 3.42. The number of carbonyl (C=O) groups is 1. The molecule has 8 heteroatoms. The number of amides is 1. The number of nitro groups is 1. The van der Waals surface area contributed by atoms with Crippen molar-refractivity contribution < 1.29 is 14.1 Å². The summed E-state index contributed by atoms with van der Waals surface area (Å²) in [5.74, 6) is 0.689. The molecule has 2 aliphatic heterocycles. The summed E-state index contributed by atoms with van der Waals surface area (Å²) in [4.78, 5) is 25.2. The third-order valence-corrected chi connectivity index (χ3v) is 4.50. The first-order chi connectivity index (χ1) is 11.6. The van der Waals surface area contributed by atoms with Crippen LogP contribution in [-0.2, 0) is 4.79 Å². The van der Waals surface area contributed by atoms with Gasteiger partial charge < -0.3 is 4.42 Å². The lowest BCUT2D eigenvalue weighted by Gasteiger charge is -2.28. The van der Waals surface area contributed by atoms with Crippen molar-refractivity contribution in [1.29, 1.82) is 0 Å². The van der Waals surface area contributed by atoms with Crippen LogP contribution < -0.4 is 5.43 Å². The molecule has 2 saturated heterocycles. The highest BCUT2D eigenvalue weighted by atomic mass is 16.6. The van der Waals surface area contributed by atoms with Crippen molar-refractivity contribution >= 4 is 17.3 Å². The molecular weight excluding hydrogens is 312 g/mol. The molecule has 2 fully saturated rings. The molecular formula is C16H16N4O4. The molecule has 0 aliphatic carbocycles. The Morgan fingerprint density at radius 1 is 1.25 bits per heavy atom. The van der Waals surface area contributed by atoms with Crippen molar-refractivity contribution in [2.75, 3.05) is 12.0 Å². The van der Waals surface area contributed by atoms with Crippen LogP contribution in [0, 0.1) is 10.1 Å². The number of carbonyl (C=O) groups excluding carboxylic acids is 1. The smallest absolute Gasteiger partial charge is 0.269 e. The highest BCUT2D eigenvalue weighted by Crippen LogP contribution is 2.39. The Bertz CT molecular complexity index is 759. The summed E-state index contributed by atoms with van der Waals surface area (Å²) in [6, 6.07) is 9.50. The number of furan rings is 1. The molecule has 3 heterocycles. The zero-order chi connectivity index (χ0) is 16.7. The van der Waals surface area contributed by atoms with E-state index in [2.05, 4.69) is 10.3 Å². The van der Waals surface area contributed by atoms with Crippen LogP contribution in [0.2, 0.25) is 0 Å². The fourth-order valence-electron chi connectivity index (χ4n) is 3.42. The second-order valence-electron chi connectivity index (χ2n) is 5.91. The summed E-state index contributed by atoms with van der Waals surface area (Å²) in [5, 5.41) is 12.3. The van der Waals surface area contributed by atoms with Crippen LogP contribution in [-0.4, -0.2) is 33.3 Å². The molecule has 4 rings (SSSR count). The van der Waals surface area contributed by atoms with E-state index in [4.69, 9.17) is 4.42 Å². The summed E-state index contributed by atoms with van der Waals surface area (Å²) in [6.07, 6.45) is 3.09. The highest BCUT2D eigenvalue weighted by molar-refractivity contribution is 5.86. The molecule has 0 unspecified atom stereocenters. The predicted octanol–water partition coefficient (Wildman–Crippen LogP) is 2.52. The van der Waals surface area contributed by atoms with E-state index in [0.29, 0.717) is 11.4 Å². The molecule has 2 aliphatic rings. The van der Waals surface area contributed by atoms with Crippen molar-refractivity contribution in [3.8, 4) is 0 Å². The monoisotopic (exact) mass is 328 g/mol. The van der Waals surface area contributed by atoms with Gasteiger partial charge in [-0.3, -0.25) is 25.2 Å². The molecule has 1 N–H and O–H groups in total. The number of nitrogens with one attached hydrogen (secondary N) is 1. The Kier molecular flexibility index (Phi) is 3.46. The minimum atomic E-state index is -0.452. The van der Waals surface area contributed by atoms with E-state index in [-0.39, 0.29) is 23.8 Å². The van der Waals surface area contributed by atoms with Crippen molar-refractivity contribution in [1.82, 2.24) is 9.91 Å². The standard InChI is InChI=1S/C16H16N4O4/c21-16-13-3-1-9-18(13)15(14-4-2-10-24-14)19(16)17-11-5-7-12(8-6-11)20(22)23/h2,4-8,10,13,15,17H,1,3,9H2/t13-,15+/m0/s1. The lowest BCUT2D eigenvalue weighted by molar-refractivity contribution is -0.384. The van der Waals surface area contributed by atoms with Crippen molar-refractivity contribution in [3.63, 3.8) is 0 Å². The van der Waals surface area contributed by atoms with E-state index >= 15 is 0 Å². The number of fused-ring (bicyclic) bond motifs is 1. The average molecular weight is 328 g/mol. The zero-order valence-electron chi connectivity index (χ0n) is 12.8. The Morgan fingerprint density at radius 2 is 2.04 bits per heavy atom. The molecule has 0 radical (unpaired) electrons. The second kappa shape index (κ2) is 5.64. The SMILES string of the molecule is O=C1[C@@H]2CCCN2[C@@H](c2ccco2)N1Nc1ccc([N+](=O)[O-])cc1.